The molecule has 1 aromatic heterocycles. The molecule has 0 atom stereocenters. The Morgan fingerprint density at radius 2 is 2.47 bits per heavy atom. The third-order valence-corrected chi connectivity index (χ3v) is 2.44. The number of carbonyl (C=O) groups excluding carboxylic acids is 1. The fourth-order valence-corrected chi connectivity index (χ4v) is 1.72. The van der Waals surface area contributed by atoms with Crippen LogP contribution in [0.1, 0.15) is 5.69 Å². The number of nitrogens with two attached hydrogens (primary N) is 1. The maximum Gasteiger partial charge on any atom is 0.239 e. The van der Waals surface area contributed by atoms with Crippen molar-refractivity contribution in [3.63, 3.8) is 0 Å². The first-order valence-corrected chi connectivity index (χ1v) is 4.97. The fourth-order valence-electron chi connectivity index (χ4n) is 1.72. The van der Waals surface area contributed by atoms with Gasteiger partial charge in [-0.05, 0) is 12.1 Å². The van der Waals surface area contributed by atoms with Crippen molar-refractivity contribution in [3.05, 3.63) is 24.0 Å². The van der Waals surface area contributed by atoms with E-state index in [1.54, 1.807) is 6.20 Å². The van der Waals surface area contributed by atoms with E-state index in [0.717, 1.165) is 17.9 Å². The zero-order valence-electron chi connectivity index (χ0n) is 8.44. The van der Waals surface area contributed by atoms with E-state index in [-0.39, 0.29) is 5.91 Å². The van der Waals surface area contributed by atoms with Gasteiger partial charge in [-0.2, -0.15) is 0 Å². The number of aromatic nitrogens is 1. The Labute approximate surface area is 88.3 Å². The van der Waals surface area contributed by atoms with Gasteiger partial charge in [0.2, 0.25) is 5.91 Å². The van der Waals surface area contributed by atoms with E-state index in [9.17, 15) is 4.79 Å². The Kier molecular flexibility index (Phi) is 2.82. The van der Waals surface area contributed by atoms with Crippen molar-refractivity contribution in [1.82, 2.24) is 10.3 Å². The summed E-state index contributed by atoms with van der Waals surface area (Å²) in [5, 5.41) is 2.79. The number of pyridine rings is 1. The average molecular weight is 206 g/mol. The van der Waals surface area contributed by atoms with Gasteiger partial charge < -0.3 is 16.0 Å². The first-order chi connectivity index (χ1) is 7.31. The Hall–Kier alpha value is -1.62. The molecular weight excluding hydrogens is 192 g/mol. The smallest absolute Gasteiger partial charge is 0.239 e. The fraction of sp³-hybridized carbons (Fsp3) is 0.400. The van der Waals surface area contributed by atoms with Gasteiger partial charge in [-0.3, -0.25) is 9.78 Å². The summed E-state index contributed by atoms with van der Waals surface area (Å²) >= 11 is 0. The van der Waals surface area contributed by atoms with Gasteiger partial charge in [0.15, 0.2) is 0 Å². The molecule has 2 rings (SSSR count). The number of nitrogens with one attached hydrogen (secondary N) is 1. The van der Waals surface area contributed by atoms with Crippen LogP contribution in [0.15, 0.2) is 18.3 Å². The molecule has 0 aliphatic carbocycles. The number of hydrogen-bond donors (Lipinski definition) is 2. The lowest BCUT2D eigenvalue weighted by Crippen LogP contribution is -2.48. The molecule has 80 valence electrons. The second-order valence-electron chi connectivity index (χ2n) is 3.44. The van der Waals surface area contributed by atoms with E-state index in [1.807, 2.05) is 17.0 Å². The molecule has 1 fully saturated rings. The van der Waals surface area contributed by atoms with Gasteiger partial charge in [-0.1, -0.05) is 0 Å². The Bertz CT molecular complexity index is 366. The molecular formula is C10H14N4O. The predicted molar refractivity (Wildman–Crippen MR) is 57.4 cm³/mol. The van der Waals surface area contributed by atoms with E-state index in [4.69, 9.17) is 5.73 Å². The van der Waals surface area contributed by atoms with Crippen molar-refractivity contribution in [2.24, 2.45) is 5.73 Å². The minimum absolute atomic E-state index is 0.0491. The summed E-state index contributed by atoms with van der Waals surface area (Å²) in [5.74, 6) is 0.0491. The first kappa shape index (κ1) is 9.92. The molecule has 5 nitrogen and oxygen atoms in total. The lowest BCUT2D eigenvalue weighted by molar-refractivity contribution is -0.120. The van der Waals surface area contributed by atoms with Gasteiger partial charge in [0.1, 0.15) is 0 Å². The lowest BCUT2D eigenvalue weighted by atomic mass is 10.2. The quantitative estimate of drug-likeness (QED) is 0.683. The molecule has 1 saturated heterocycles. The highest BCUT2D eigenvalue weighted by Crippen LogP contribution is 2.17. The summed E-state index contributed by atoms with van der Waals surface area (Å²) < 4.78 is 0. The molecule has 1 aliphatic heterocycles. The van der Waals surface area contributed by atoms with Crippen LogP contribution in [0.5, 0.6) is 0 Å². The first-order valence-electron chi connectivity index (χ1n) is 4.97. The standard InChI is InChI=1S/C10H14N4O/c11-6-8-9(2-1-3-12-8)14-5-4-13-10(15)7-14/h1-3H,4-7,11H2,(H,13,15). The number of carbonyl (C=O) groups is 1. The highest BCUT2D eigenvalue weighted by molar-refractivity contribution is 5.82. The normalized spacial score (nSPS) is 16.3. The van der Waals surface area contributed by atoms with E-state index in [0.29, 0.717) is 19.6 Å². The number of nitrogens with zero attached hydrogens (tertiary/aromatic N) is 2. The van der Waals surface area contributed by atoms with Crippen molar-refractivity contribution in [1.29, 1.82) is 0 Å². The molecule has 1 aliphatic rings. The van der Waals surface area contributed by atoms with Crippen LogP contribution in [0.3, 0.4) is 0 Å². The van der Waals surface area contributed by atoms with E-state index in [1.165, 1.54) is 0 Å². The van der Waals surface area contributed by atoms with Crippen LogP contribution < -0.4 is 16.0 Å². The van der Waals surface area contributed by atoms with Crippen LogP contribution in [0.4, 0.5) is 5.69 Å². The van der Waals surface area contributed by atoms with Crippen molar-refractivity contribution in [3.8, 4) is 0 Å². The zero-order valence-corrected chi connectivity index (χ0v) is 8.44. The monoisotopic (exact) mass is 206 g/mol. The molecule has 0 spiro atoms. The van der Waals surface area contributed by atoms with Crippen LogP contribution in [0.25, 0.3) is 0 Å². The van der Waals surface area contributed by atoms with Gasteiger partial charge in [-0.15, -0.1) is 0 Å². The van der Waals surface area contributed by atoms with Crippen LogP contribution in [-0.4, -0.2) is 30.5 Å². The summed E-state index contributed by atoms with van der Waals surface area (Å²) in [4.78, 5) is 17.4. The van der Waals surface area contributed by atoms with Crippen molar-refractivity contribution in [2.45, 2.75) is 6.54 Å². The molecule has 3 N–H and O–H groups in total. The van der Waals surface area contributed by atoms with E-state index in [2.05, 4.69) is 10.3 Å². The minimum Gasteiger partial charge on any atom is -0.359 e. The van der Waals surface area contributed by atoms with Crippen molar-refractivity contribution in [2.75, 3.05) is 24.5 Å². The summed E-state index contributed by atoms with van der Waals surface area (Å²) in [6.07, 6.45) is 1.72. The number of piperazine rings is 1. The summed E-state index contributed by atoms with van der Waals surface area (Å²) in [6.45, 7) is 2.27. The third kappa shape index (κ3) is 2.07. The van der Waals surface area contributed by atoms with Gasteiger partial charge in [0.25, 0.3) is 0 Å². The summed E-state index contributed by atoms with van der Waals surface area (Å²) in [7, 11) is 0. The Morgan fingerprint density at radius 3 is 3.20 bits per heavy atom. The number of hydrogen-bond acceptors (Lipinski definition) is 4. The topological polar surface area (TPSA) is 71.2 Å². The van der Waals surface area contributed by atoms with Gasteiger partial charge in [-0.25, -0.2) is 0 Å². The van der Waals surface area contributed by atoms with Gasteiger partial charge in [0, 0.05) is 25.8 Å². The van der Waals surface area contributed by atoms with E-state index < -0.39 is 0 Å². The summed E-state index contributed by atoms with van der Waals surface area (Å²) in [5.41, 5.74) is 7.41. The van der Waals surface area contributed by atoms with Crippen molar-refractivity contribution < 1.29 is 4.79 Å². The van der Waals surface area contributed by atoms with E-state index >= 15 is 0 Å². The lowest BCUT2D eigenvalue weighted by Gasteiger charge is -2.29. The molecule has 0 saturated carbocycles. The maximum absolute atomic E-state index is 11.2. The molecule has 5 heteroatoms. The van der Waals surface area contributed by atoms with Crippen LogP contribution >= 0.6 is 0 Å². The SMILES string of the molecule is NCc1ncccc1N1CCNC(=O)C1. The highest BCUT2D eigenvalue weighted by Gasteiger charge is 2.18. The molecule has 0 unspecified atom stereocenters. The van der Waals surface area contributed by atoms with Crippen LogP contribution in [-0.2, 0) is 11.3 Å². The molecule has 0 aromatic carbocycles. The second kappa shape index (κ2) is 4.27. The second-order valence-corrected chi connectivity index (χ2v) is 3.44. The maximum atomic E-state index is 11.2. The van der Waals surface area contributed by atoms with Crippen LogP contribution in [0, 0.1) is 0 Å². The Balaban J connectivity index is 2.24. The highest BCUT2D eigenvalue weighted by atomic mass is 16.2. The van der Waals surface area contributed by atoms with Gasteiger partial charge >= 0.3 is 0 Å². The largest absolute Gasteiger partial charge is 0.359 e. The van der Waals surface area contributed by atoms with Crippen molar-refractivity contribution >= 4 is 11.6 Å². The third-order valence-electron chi connectivity index (χ3n) is 2.44. The van der Waals surface area contributed by atoms with Gasteiger partial charge in [0.05, 0.1) is 17.9 Å². The Morgan fingerprint density at radius 1 is 1.60 bits per heavy atom. The molecule has 0 radical (unpaired) electrons. The number of amides is 1. The minimum atomic E-state index is 0.0491. The zero-order chi connectivity index (χ0) is 10.7. The molecule has 15 heavy (non-hydrogen) atoms. The molecule has 2 heterocycles. The van der Waals surface area contributed by atoms with Crippen LogP contribution in [0.2, 0.25) is 0 Å². The number of anilines is 1. The molecule has 1 aromatic rings. The number of rotatable bonds is 2. The molecule has 1 amide bonds. The predicted octanol–water partition coefficient (Wildman–Crippen LogP) is -0.524. The average Bonchev–Trinajstić information content (AvgIpc) is 2.29. The summed E-state index contributed by atoms with van der Waals surface area (Å²) in [6, 6.07) is 3.81. The molecule has 0 bridgehead atoms.